The molecule has 0 heterocycles. The monoisotopic (exact) mass is 554 g/mol. The second kappa shape index (κ2) is 11.5. The van der Waals surface area contributed by atoms with E-state index in [0.717, 1.165) is 21.5 Å². The largest absolute Gasteiger partial charge is 0.449 e. The highest BCUT2D eigenvalue weighted by Gasteiger charge is 2.36. The average Bonchev–Trinajstić information content (AvgIpc) is 2.91. The number of esters is 2. The van der Waals surface area contributed by atoms with E-state index >= 15 is 0 Å². The number of hydrogen-bond acceptors (Lipinski definition) is 5. The van der Waals surface area contributed by atoms with Crippen LogP contribution in [-0.2, 0) is 4.12 Å². The van der Waals surface area contributed by atoms with Crippen LogP contribution < -0.4 is 19.8 Å². The zero-order valence-corrected chi connectivity index (χ0v) is 25.3. The third-order valence-electron chi connectivity index (χ3n) is 6.73. The van der Waals surface area contributed by atoms with Gasteiger partial charge in [-0.2, -0.15) is 0 Å². The second-order valence-electron chi connectivity index (χ2n) is 10.6. The minimum Gasteiger partial charge on any atom is -0.449 e. The molecule has 200 valence electrons. The number of ether oxygens (including phenoxy) is 2. The van der Waals surface area contributed by atoms with Crippen LogP contribution in [0.2, 0.25) is 26.2 Å². The molecule has 7 heteroatoms. The molecule has 0 bridgehead atoms. The molecule has 39 heavy (non-hydrogen) atoms. The van der Waals surface area contributed by atoms with Gasteiger partial charge in [0, 0.05) is 0 Å². The Morgan fingerprint density at radius 1 is 0.513 bits per heavy atom. The Balaban J connectivity index is 1.43. The maximum Gasteiger partial charge on any atom is 0.343 e. The Labute approximate surface area is 232 Å². The highest BCUT2D eigenvalue weighted by Crippen LogP contribution is 2.20. The first-order valence-electron chi connectivity index (χ1n) is 12.9. The van der Waals surface area contributed by atoms with Crippen LogP contribution in [0.25, 0.3) is 0 Å². The summed E-state index contributed by atoms with van der Waals surface area (Å²) >= 11 is 0. The zero-order chi connectivity index (χ0) is 28.2. The van der Waals surface area contributed by atoms with Gasteiger partial charge in [-0.15, -0.1) is 0 Å². The van der Waals surface area contributed by atoms with Gasteiger partial charge in [0.1, 0.15) is 11.5 Å². The minimum absolute atomic E-state index is 0.382. The molecule has 4 aromatic rings. The van der Waals surface area contributed by atoms with E-state index in [1.54, 1.807) is 36.4 Å². The lowest BCUT2D eigenvalue weighted by molar-refractivity contribution is 0.0724. The van der Waals surface area contributed by atoms with Crippen LogP contribution in [0, 0.1) is 13.8 Å². The van der Waals surface area contributed by atoms with Gasteiger partial charge in [0.25, 0.3) is 0 Å². The Morgan fingerprint density at radius 2 is 0.846 bits per heavy atom. The van der Waals surface area contributed by atoms with Gasteiger partial charge in [-0.25, -0.2) is 9.59 Å². The molecule has 5 nitrogen and oxygen atoms in total. The van der Waals surface area contributed by atoms with Crippen LogP contribution in [0.1, 0.15) is 31.8 Å². The minimum atomic E-state index is -2.31. The molecule has 0 N–H and O–H groups in total. The van der Waals surface area contributed by atoms with Crippen molar-refractivity contribution in [2.75, 3.05) is 0 Å². The summed E-state index contributed by atoms with van der Waals surface area (Å²) in [5.41, 5.74) is 2.81. The number of carbonyl (C=O) groups is 2. The third kappa shape index (κ3) is 6.81. The molecule has 0 saturated carbocycles. The predicted molar refractivity (Wildman–Crippen MR) is 160 cm³/mol. The maximum absolute atomic E-state index is 12.7. The van der Waals surface area contributed by atoms with Crippen molar-refractivity contribution in [3.63, 3.8) is 0 Å². The normalized spacial score (nSPS) is 11.6. The van der Waals surface area contributed by atoms with E-state index in [0.29, 0.717) is 22.6 Å². The molecule has 4 aromatic carbocycles. The number of para-hydroxylation sites is 2. The Bertz CT molecular complexity index is 1360. The summed E-state index contributed by atoms with van der Waals surface area (Å²) in [6, 6.07) is 30.0. The van der Waals surface area contributed by atoms with E-state index in [-0.39, 0.29) is 11.9 Å². The van der Waals surface area contributed by atoms with Crippen molar-refractivity contribution < 1.29 is 23.2 Å². The highest BCUT2D eigenvalue weighted by molar-refractivity contribution is 6.96. The standard InChI is InChI=1S/C32H34O5Si2/c1-23-11-7-9-13-29(23)35-31(33)25-15-19-27(20-16-25)38(3,4)37-39(5,6)28-21-17-26(18-22-28)32(34)36-30-14-10-8-12-24(30)2/h7-22H,1-6H3. The van der Waals surface area contributed by atoms with Crippen molar-refractivity contribution in [2.45, 2.75) is 40.0 Å². The molecule has 0 fully saturated rings. The Kier molecular flexibility index (Phi) is 8.35. The van der Waals surface area contributed by atoms with Crippen LogP contribution >= 0.6 is 0 Å². The predicted octanol–water partition coefficient (Wildman–Crippen LogP) is 6.28. The summed E-state index contributed by atoms with van der Waals surface area (Å²) in [7, 11) is -4.63. The fraction of sp³-hybridized carbons (Fsp3) is 0.188. The molecular formula is C32H34O5Si2. The van der Waals surface area contributed by atoms with Gasteiger partial charge >= 0.3 is 11.9 Å². The SMILES string of the molecule is Cc1ccccc1OC(=O)c1ccc([Si](C)(C)O[Si](C)(C)c2ccc(C(=O)Oc3ccccc3C)cc2)cc1. The average molecular weight is 555 g/mol. The molecule has 0 aliphatic carbocycles. The molecule has 0 spiro atoms. The molecule has 0 atom stereocenters. The van der Waals surface area contributed by atoms with Crippen LogP contribution in [0.4, 0.5) is 0 Å². The summed E-state index contributed by atoms with van der Waals surface area (Å²) in [6.07, 6.45) is 0. The highest BCUT2D eigenvalue weighted by atomic mass is 28.4. The lowest BCUT2D eigenvalue weighted by Crippen LogP contribution is -2.57. The number of rotatable bonds is 8. The van der Waals surface area contributed by atoms with Crippen LogP contribution in [0.15, 0.2) is 97.1 Å². The quantitative estimate of drug-likeness (QED) is 0.146. The molecule has 0 radical (unpaired) electrons. The number of aryl methyl sites for hydroxylation is 2. The van der Waals surface area contributed by atoms with Crippen LogP contribution in [0.3, 0.4) is 0 Å². The van der Waals surface area contributed by atoms with Crippen molar-refractivity contribution in [3.8, 4) is 11.5 Å². The second-order valence-corrected chi connectivity index (χ2v) is 18.6. The first-order chi connectivity index (χ1) is 18.5. The lowest BCUT2D eigenvalue weighted by Gasteiger charge is -2.34. The van der Waals surface area contributed by atoms with Gasteiger partial charge in [0.05, 0.1) is 11.1 Å². The molecule has 0 aliphatic rings. The molecule has 0 aliphatic heterocycles. The smallest absolute Gasteiger partial charge is 0.343 e. The van der Waals surface area contributed by atoms with Crippen molar-refractivity contribution in [1.29, 1.82) is 0 Å². The summed E-state index contributed by atoms with van der Waals surface area (Å²) in [6.45, 7) is 12.5. The van der Waals surface area contributed by atoms with Gasteiger partial charge in [-0.05, 0) is 97.9 Å². The number of hydrogen-bond donors (Lipinski definition) is 0. The van der Waals surface area contributed by atoms with Gasteiger partial charge < -0.3 is 13.6 Å². The van der Waals surface area contributed by atoms with Crippen molar-refractivity contribution in [2.24, 2.45) is 0 Å². The fourth-order valence-electron chi connectivity index (χ4n) is 4.43. The van der Waals surface area contributed by atoms with Crippen molar-refractivity contribution in [1.82, 2.24) is 0 Å². The number of benzene rings is 4. The summed E-state index contributed by atoms with van der Waals surface area (Å²) in [4.78, 5) is 25.3. The van der Waals surface area contributed by atoms with Gasteiger partial charge in [-0.1, -0.05) is 60.7 Å². The molecule has 0 unspecified atom stereocenters. The summed E-state index contributed by atoms with van der Waals surface area (Å²) < 4.78 is 18.0. The first kappa shape index (κ1) is 28.2. The number of carbonyl (C=O) groups excluding carboxylic acids is 2. The topological polar surface area (TPSA) is 61.8 Å². The van der Waals surface area contributed by atoms with E-state index in [1.165, 1.54) is 0 Å². The zero-order valence-electron chi connectivity index (χ0n) is 23.3. The third-order valence-corrected chi connectivity index (χ3v) is 14.3. The molecule has 0 aromatic heterocycles. The van der Waals surface area contributed by atoms with E-state index in [1.807, 2.05) is 74.5 Å². The van der Waals surface area contributed by atoms with Crippen LogP contribution in [0.5, 0.6) is 11.5 Å². The van der Waals surface area contributed by atoms with E-state index in [2.05, 4.69) is 26.2 Å². The summed E-state index contributed by atoms with van der Waals surface area (Å²) in [5, 5.41) is 2.18. The fourth-order valence-corrected chi connectivity index (χ4v) is 12.4. The van der Waals surface area contributed by atoms with Gasteiger partial charge in [0.2, 0.25) is 16.6 Å². The Hall–Kier alpha value is -3.79. The van der Waals surface area contributed by atoms with Crippen LogP contribution in [-0.4, -0.2) is 28.6 Å². The lowest BCUT2D eigenvalue weighted by atomic mass is 10.2. The van der Waals surface area contributed by atoms with Crippen molar-refractivity contribution >= 4 is 38.9 Å². The molecule has 0 amide bonds. The maximum atomic E-state index is 12.7. The Morgan fingerprint density at radius 3 is 1.18 bits per heavy atom. The molecule has 0 saturated heterocycles. The summed E-state index contributed by atoms with van der Waals surface area (Å²) in [5.74, 6) is 0.359. The molecular weight excluding hydrogens is 521 g/mol. The first-order valence-corrected chi connectivity index (χ1v) is 18.7. The molecule has 4 rings (SSSR count). The van der Waals surface area contributed by atoms with E-state index in [9.17, 15) is 9.59 Å². The van der Waals surface area contributed by atoms with E-state index in [4.69, 9.17) is 13.6 Å². The van der Waals surface area contributed by atoms with Crippen molar-refractivity contribution in [3.05, 3.63) is 119 Å². The van der Waals surface area contributed by atoms with E-state index < -0.39 is 16.6 Å². The van der Waals surface area contributed by atoms with Gasteiger partial charge in [0.15, 0.2) is 0 Å². The van der Waals surface area contributed by atoms with Gasteiger partial charge in [-0.3, -0.25) is 0 Å².